The Hall–Kier alpha value is -4.08. The number of nitrogens with zero attached hydrogens (tertiary/aromatic N) is 3. The number of nitrogens with one attached hydrogen (secondary N) is 1. The topological polar surface area (TPSA) is 83.8 Å². The maximum atomic E-state index is 13.8. The van der Waals surface area contributed by atoms with Gasteiger partial charge in [-0.2, -0.15) is 5.10 Å². The molecule has 0 radical (unpaired) electrons. The molecule has 5 aromatic rings. The van der Waals surface area contributed by atoms with Crippen molar-refractivity contribution in [3.63, 3.8) is 0 Å². The van der Waals surface area contributed by atoms with E-state index in [2.05, 4.69) is 10.5 Å². The lowest BCUT2D eigenvalue weighted by Crippen LogP contribution is -2.31. The second-order valence-corrected chi connectivity index (χ2v) is 13.6. The Bertz CT molecular complexity index is 1990. The van der Waals surface area contributed by atoms with Crippen molar-refractivity contribution in [3.05, 3.63) is 146 Å². The average molecular weight is 680 g/mol. The predicted molar refractivity (Wildman–Crippen MR) is 183 cm³/mol. The third kappa shape index (κ3) is 7.26. The number of carbonyl (C=O) groups is 1. The summed E-state index contributed by atoms with van der Waals surface area (Å²) in [6.07, 6.45) is 1.58. The Labute approximate surface area is 277 Å². The summed E-state index contributed by atoms with van der Waals surface area (Å²) in [4.78, 5) is 13.1. The minimum atomic E-state index is -3.92. The van der Waals surface area contributed by atoms with E-state index in [1.54, 1.807) is 85.1 Å². The molecule has 1 amide bonds. The van der Waals surface area contributed by atoms with Gasteiger partial charge in [0.05, 0.1) is 23.3 Å². The van der Waals surface area contributed by atoms with Crippen LogP contribution in [0.5, 0.6) is 0 Å². The third-order valence-corrected chi connectivity index (χ3v) is 9.70. The average Bonchev–Trinajstić information content (AvgIpc) is 3.29. The second kappa shape index (κ2) is 13.5. The summed E-state index contributed by atoms with van der Waals surface area (Å²) in [6.45, 7) is 5.76. The maximum Gasteiger partial charge on any atom is 0.271 e. The molecule has 1 heterocycles. The number of hydrazone groups is 1. The summed E-state index contributed by atoms with van der Waals surface area (Å²) in [6, 6.07) is 27.3. The van der Waals surface area contributed by atoms with Crippen molar-refractivity contribution in [1.29, 1.82) is 0 Å². The van der Waals surface area contributed by atoms with Crippen LogP contribution in [-0.4, -0.2) is 25.1 Å². The summed E-state index contributed by atoms with van der Waals surface area (Å²) in [7, 11) is -3.92. The summed E-state index contributed by atoms with van der Waals surface area (Å²) >= 11 is 18.7. The van der Waals surface area contributed by atoms with E-state index < -0.39 is 15.9 Å². The molecule has 230 valence electrons. The second-order valence-electron chi connectivity index (χ2n) is 10.4. The van der Waals surface area contributed by atoms with Gasteiger partial charge in [-0.3, -0.25) is 9.10 Å². The van der Waals surface area contributed by atoms with E-state index in [-0.39, 0.29) is 11.4 Å². The zero-order valence-electron chi connectivity index (χ0n) is 24.6. The lowest BCUT2D eigenvalue weighted by Gasteiger charge is -2.26. The number of rotatable bonds is 9. The van der Waals surface area contributed by atoms with Gasteiger partial charge in [0, 0.05) is 43.3 Å². The summed E-state index contributed by atoms with van der Waals surface area (Å²) in [5.41, 5.74) is 8.33. The molecule has 7 nitrogen and oxygen atoms in total. The van der Waals surface area contributed by atoms with E-state index in [1.165, 1.54) is 4.31 Å². The van der Waals surface area contributed by atoms with Crippen LogP contribution in [0.15, 0.2) is 107 Å². The first-order valence-electron chi connectivity index (χ1n) is 13.9. The molecule has 0 saturated carbocycles. The van der Waals surface area contributed by atoms with Crippen LogP contribution in [0.4, 0.5) is 5.69 Å². The molecule has 0 fully saturated rings. The highest BCUT2D eigenvalue weighted by molar-refractivity contribution is 7.92. The molecular weight excluding hydrogens is 651 g/mol. The molecule has 1 aromatic heterocycles. The first kappa shape index (κ1) is 32.3. The van der Waals surface area contributed by atoms with Gasteiger partial charge in [-0.25, -0.2) is 13.8 Å². The Balaban J connectivity index is 1.33. The molecular formula is C34H29Cl3N4O3S. The molecule has 45 heavy (non-hydrogen) atoms. The summed E-state index contributed by atoms with van der Waals surface area (Å²) in [5, 5.41) is 5.65. The number of sulfonamides is 1. The molecule has 5 rings (SSSR count). The SMILES string of the molecule is Cc1ccc(Cl)cc1N(Cc1ccc(C(=O)N/N=C/c2cc(C)n(-c3cc(Cl)cc(Cl)c3)c2C)cc1)S(=O)(=O)c1ccccc1. The van der Waals surface area contributed by atoms with Crippen molar-refractivity contribution in [3.8, 4) is 5.69 Å². The first-order chi connectivity index (χ1) is 21.4. The van der Waals surface area contributed by atoms with Crippen molar-refractivity contribution in [2.24, 2.45) is 5.10 Å². The van der Waals surface area contributed by atoms with Crippen LogP contribution in [0, 0.1) is 20.8 Å². The highest BCUT2D eigenvalue weighted by Gasteiger charge is 2.26. The third-order valence-electron chi connectivity index (χ3n) is 7.26. The molecule has 11 heteroatoms. The number of hydrogen-bond acceptors (Lipinski definition) is 4. The van der Waals surface area contributed by atoms with Gasteiger partial charge in [0.1, 0.15) is 0 Å². The fraction of sp³-hybridized carbons (Fsp3) is 0.118. The number of benzene rings is 4. The van der Waals surface area contributed by atoms with Crippen LogP contribution in [0.25, 0.3) is 5.69 Å². The van der Waals surface area contributed by atoms with Crippen LogP contribution in [0.1, 0.15) is 38.4 Å². The van der Waals surface area contributed by atoms with Crippen molar-refractivity contribution >= 4 is 62.6 Å². The van der Waals surface area contributed by atoms with Crippen LogP contribution >= 0.6 is 34.8 Å². The molecule has 0 aliphatic carbocycles. The number of anilines is 1. The Morgan fingerprint density at radius 2 is 1.51 bits per heavy atom. The van der Waals surface area contributed by atoms with Crippen LogP contribution in [0.3, 0.4) is 0 Å². The van der Waals surface area contributed by atoms with Crippen LogP contribution < -0.4 is 9.73 Å². The zero-order valence-corrected chi connectivity index (χ0v) is 27.7. The van der Waals surface area contributed by atoms with Crippen LogP contribution in [-0.2, 0) is 16.6 Å². The largest absolute Gasteiger partial charge is 0.318 e. The van der Waals surface area contributed by atoms with Crippen molar-refractivity contribution in [2.45, 2.75) is 32.2 Å². The van der Waals surface area contributed by atoms with Gasteiger partial charge in [0.15, 0.2) is 0 Å². The minimum Gasteiger partial charge on any atom is -0.318 e. The molecule has 1 N–H and O–H groups in total. The monoisotopic (exact) mass is 678 g/mol. The van der Waals surface area contributed by atoms with Gasteiger partial charge in [0.25, 0.3) is 15.9 Å². The molecule has 0 bridgehead atoms. The van der Waals surface area contributed by atoms with E-state index in [1.807, 2.05) is 43.5 Å². The molecule has 0 aliphatic heterocycles. The minimum absolute atomic E-state index is 0.0336. The number of carbonyl (C=O) groups excluding carboxylic acids is 1. The van der Waals surface area contributed by atoms with E-state index >= 15 is 0 Å². The fourth-order valence-electron chi connectivity index (χ4n) is 5.01. The lowest BCUT2D eigenvalue weighted by molar-refractivity contribution is 0.0955. The lowest BCUT2D eigenvalue weighted by atomic mass is 10.1. The Kier molecular flexibility index (Phi) is 9.70. The molecule has 0 unspecified atom stereocenters. The number of halogens is 3. The van der Waals surface area contributed by atoms with Crippen molar-refractivity contribution in [1.82, 2.24) is 9.99 Å². The van der Waals surface area contributed by atoms with E-state index in [4.69, 9.17) is 34.8 Å². The summed E-state index contributed by atoms with van der Waals surface area (Å²) in [5.74, 6) is -0.410. The van der Waals surface area contributed by atoms with Gasteiger partial charge in [-0.15, -0.1) is 0 Å². The number of hydrogen-bond donors (Lipinski definition) is 1. The normalized spacial score (nSPS) is 11.6. The molecule has 0 atom stereocenters. The predicted octanol–water partition coefficient (Wildman–Crippen LogP) is 8.52. The Morgan fingerprint density at radius 1 is 0.844 bits per heavy atom. The zero-order chi connectivity index (χ0) is 32.3. The van der Waals surface area contributed by atoms with Crippen LogP contribution in [0.2, 0.25) is 15.1 Å². The van der Waals surface area contributed by atoms with Gasteiger partial charge in [-0.05, 0) is 92.6 Å². The van der Waals surface area contributed by atoms with Gasteiger partial charge >= 0.3 is 0 Å². The number of amides is 1. The Morgan fingerprint density at radius 3 is 2.18 bits per heavy atom. The smallest absolute Gasteiger partial charge is 0.271 e. The summed E-state index contributed by atoms with van der Waals surface area (Å²) < 4.78 is 30.9. The van der Waals surface area contributed by atoms with E-state index in [0.29, 0.717) is 31.9 Å². The molecule has 0 saturated heterocycles. The first-order valence-corrected chi connectivity index (χ1v) is 16.4. The molecule has 0 aliphatic rings. The quantitative estimate of drug-likeness (QED) is 0.125. The maximum absolute atomic E-state index is 13.8. The molecule has 4 aromatic carbocycles. The van der Waals surface area contributed by atoms with Crippen molar-refractivity contribution in [2.75, 3.05) is 4.31 Å². The number of aromatic nitrogens is 1. The fourth-order valence-corrected chi connectivity index (χ4v) is 7.22. The van der Waals surface area contributed by atoms with Gasteiger partial charge < -0.3 is 4.57 Å². The van der Waals surface area contributed by atoms with E-state index in [0.717, 1.165) is 28.2 Å². The van der Waals surface area contributed by atoms with Gasteiger partial charge in [-0.1, -0.05) is 71.2 Å². The standard InChI is InChI=1S/C34H29Cl3N4O3S/c1-22-9-14-28(35)19-33(22)40(45(43,44)32-7-5-4-6-8-32)21-25-10-12-26(13-11-25)34(42)39-38-20-27-15-23(2)41(24(27)3)31-17-29(36)16-30(37)18-31/h4-20H,21H2,1-3H3,(H,39,42)/b38-20+. The highest BCUT2D eigenvalue weighted by Crippen LogP contribution is 2.31. The molecule has 0 spiro atoms. The highest BCUT2D eigenvalue weighted by atomic mass is 35.5. The van der Waals surface area contributed by atoms with Gasteiger partial charge in [0.2, 0.25) is 0 Å². The number of aryl methyl sites for hydroxylation is 2. The van der Waals surface area contributed by atoms with Crippen molar-refractivity contribution < 1.29 is 13.2 Å². The van der Waals surface area contributed by atoms with E-state index in [9.17, 15) is 13.2 Å².